The van der Waals surface area contributed by atoms with E-state index in [4.69, 9.17) is 4.98 Å². The smallest absolute Gasteiger partial charge is 0.136 e. The Kier molecular flexibility index (Phi) is 6.39. The molecular formula is C21H29FN4O. The van der Waals surface area contributed by atoms with Gasteiger partial charge in [-0.2, -0.15) is 0 Å². The predicted octanol–water partition coefficient (Wildman–Crippen LogP) is 2.72. The van der Waals surface area contributed by atoms with E-state index in [1.54, 1.807) is 12.1 Å². The summed E-state index contributed by atoms with van der Waals surface area (Å²) in [7, 11) is 0. The highest BCUT2D eigenvalue weighted by molar-refractivity contribution is 5.51. The fourth-order valence-corrected chi connectivity index (χ4v) is 3.61. The third-order valence-electron chi connectivity index (χ3n) is 5.19. The average Bonchev–Trinajstić information content (AvgIpc) is 2.64. The molecule has 1 saturated heterocycles. The molecule has 5 nitrogen and oxygen atoms in total. The zero-order valence-corrected chi connectivity index (χ0v) is 16.5. The Labute approximate surface area is 160 Å². The van der Waals surface area contributed by atoms with Crippen LogP contribution in [0.25, 0.3) is 0 Å². The zero-order chi connectivity index (χ0) is 19.4. The maximum Gasteiger partial charge on any atom is 0.136 e. The van der Waals surface area contributed by atoms with Crippen molar-refractivity contribution in [2.24, 2.45) is 0 Å². The first kappa shape index (κ1) is 19.7. The molecule has 2 heterocycles. The van der Waals surface area contributed by atoms with Crippen molar-refractivity contribution in [2.45, 2.75) is 39.7 Å². The lowest BCUT2D eigenvalue weighted by Crippen LogP contribution is -2.49. The molecule has 0 amide bonds. The summed E-state index contributed by atoms with van der Waals surface area (Å²) in [4.78, 5) is 13.9. The topological polar surface area (TPSA) is 52.5 Å². The van der Waals surface area contributed by atoms with Crippen LogP contribution >= 0.6 is 0 Å². The van der Waals surface area contributed by atoms with Crippen LogP contribution in [0.1, 0.15) is 36.0 Å². The Hall–Kier alpha value is -2.05. The minimum Gasteiger partial charge on any atom is -0.392 e. The van der Waals surface area contributed by atoms with E-state index in [0.717, 1.165) is 67.6 Å². The van der Waals surface area contributed by atoms with E-state index in [2.05, 4.69) is 14.8 Å². The van der Waals surface area contributed by atoms with Crippen molar-refractivity contribution in [2.75, 3.05) is 37.6 Å². The maximum absolute atomic E-state index is 13.6. The Morgan fingerprint density at radius 1 is 1.15 bits per heavy atom. The normalized spacial score (nSPS) is 16.6. The molecule has 0 saturated carbocycles. The number of halogens is 1. The third-order valence-corrected chi connectivity index (χ3v) is 5.19. The van der Waals surface area contributed by atoms with Crippen molar-refractivity contribution in [3.05, 3.63) is 52.7 Å². The van der Waals surface area contributed by atoms with E-state index in [0.29, 0.717) is 6.42 Å². The van der Waals surface area contributed by atoms with Gasteiger partial charge in [0.25, 0.3) is 0 Å². The number of anilines is 1. The van der Waals surface area contributed by atoms with Gasteiger partial charge in [0.2, 0.25) is 0 Å². The molecule has 2 aromatic rings. The fraction of sp³-hybridized carbons (Fsp3) is 0.524. The number of rotatable bonds is 6. The Morgan fingerprint density at radius 3 is 2.56 bits per heavy atom. The minimum atomic E-state index is -0.261. The number of aliphatic hydroxyl groups is 1. The van der Waals surface area contributed by atoms with Crippen LogP contribution in [0.3, 0.4) is 0 Å². The Morgan fingerprint density at radius 2 is 1.89 bits per heavy atom. The molecule has 146 valence electrons. The van der Waals surface area contributed by atoms with Gasteiger partial charge in [-0.1, -0.05) is 19.1 Å². The molecule has 0 aliphatic carbocycles. The number of benzene rings is 1. The molecule has 0 bridgehead atoms. The van der Waals surface area contributed by atoms with Crippen LogP contribution in [0.5, 0.6) is 0 Å². The van der Waals surface area contributed by atoms with Gasteiger partial charge in [0.05, 0.1) is 6.10 Å². The van der Waals surface area contributed by atoms with Crippen molar-refractivity contribution >= 4 is 5.82 Å². The van der Waals surface area contributed by atoms with Crippen LogP contribution in [0.15, 0.2) is 24.3 Å². The summed E-state index contributed by atoms with van der Waals surface area (Å²) in [6.07, 6.45) is 1.14. The molecule has 1 atom stereocenters. The summed E-state index contributed by atoms with van der Waals surface area (Å²) >= 11 is 0. The van der Waals surface area contributed by atoms with E-state index in [1.807, 2.05) is 26.8 Å². The number of β-amino-alcohol motifs (C(OH)–C–C–N with tert-alkyl or cyclic N) is 1. The molecule has 27 heavy (non-hydrogen) atoms. The van der Waals surface area contributed by atoms with Crippen molar-refractivity contribution < 1.29 is 9.50 Å². The van der Waals surface area contributed by atoms with Gasteiger partial charge in [-0.3, -0.25) is 4.90 Å². The lowest BCUT2D eigenvalue weighted by Gasteiger charge is -2.37. The molecule has 3 rings (SSSR count). The van der Waals surface area contributed by atoms with Gasteiger partial charge in [-0.05, 0) is 38.0 Å². The molecule has 1 N–H and O–H groups in total. The number of piperazine rings is 1. The standard InChI is InChI=1S/C21H29FN4O/c1-4-19(27)14-25-8-10-26(11-9-25)21-20(15(2)23-16(3)24-21)13-17-6-5-7-18(22)12-17/h5-7,12,19,27H,4,8-11,13-14H2,1-3H3. The summed E-state index contributed by atoms with van der Waals surface area (Å²) in [5, 5.41) is 9.89. The van der Waals surface area contributed by atoms with E-state index in [1.165, 1.54) is 6.07 Å². The summed E-state index contributed by atoms with van der Waals surface area (Å²) < 4.78 is 13.6. The quantitative estimate of drug-likeness (QED) is 0.845. The minimum absolute atomic E-state index is 0.220. The van der Waals surface area contributed by atoms with E-state index in [9.17, 15) is 9.50 Å². The summed E-state index contributed by atoms with van der Waals surface area (Å²) in [5.41, 5.74) is 2.94. The number of aliphatic hydroxyl groups excluding tert-OH is 1. The van der Waals surface area contributed by atoms with Crippen LogP contribution in [-0.2, 0) is 6.42 Å². The SMILES string of the molecule is CCC(O)CN1CCN(c2nc(C)nc(C)c2Cc2cccc(F)c2)CC1. The monoisotopic (exact) mass is 372 g/mol. The first-order valence-electron chi connectivity index (χ1n) is 9.70. The first-order valence-corrected chi connectivity index (χ1v) is 9.70. The highest BCUT2D eigenvalue weighted by Gasteiger charge is 2.23. The summed E-state index contributed by atoms with van der Waals surface area (Å²) in [6, 6.07) is 6.72. The van der Waals surface area contributed by atoms with Crippen LogP contribution in [-0.4, -0.2) is 58.8 Å². The average molecular weight is 372 g/mol. The van der Waals surface area contributed by atoms with Crippen LogP contribution in [0.4, 0.5) is 10.2 Å². The largest absolute Gasteiger partial charge is 0.392 e. The van der Waals surface area contributed by atoms with Gasteiger partial charge < -0.3 is 10.0 Å². The second-order valence-corrected chi connectivity index (χ2v) is 7.31. The van der Waals surface area contributed by atoms with Crippen molar-refractivity contribution in [1.29, 1.82) is 0 Å². The number of aromatic nitrogens is 2. The van der Waals surface area contributed by atoms with E-state index in [-0.39, 0.29) is 11.9 Å². The number of hydrogen-bond donors (Lipinski definition) is 1. The molecule has 1 aliphatic heterocycles. The molecule has 0 spiro atoms. The van der Waals surface area contributed by atoms with Gasteiger partial charge in [0, 0.05) is 50.4 Å². The molecule has 6 heteroatoms. The molecular weight excluding hydrogens is 343 g/mol. The first-order chi connectivity index (χ1) is 13.0. The van der Waals surface area contributed by atoms with Gasteiger partial charge in [-0.15, -0.1) is 0 Å². The molecule has 1 fully saturated rings. The summed E-state index contributed by atoms with van der Waals surface area (Å²) in [6.45, 7) is 10.2. The molecule has 1 aromatic carbocycles. The third kappa shape index (κ3) is 5.02. The number of aryl methyl sites for hydroxylation is 2. The molecule has 1 aliphatic rings. The molecule has 1 unspecified atom stereocenters. The van der Waals surface area contributed by atoms with Gasteiger partial charge in [0.15, 0.2) is 0 Å². The lowest BCUT2D eigenvalue weighted by atomic mass is 10.0. The highest BCUT2D eigenvalue weighted by atomic mass is 19.1. The van der Waals surface area contributed by atoms with E-state index >= 15 is 0 Å². The van der Waals surface area contributed by atoms with Crippen LogP contribution in [0, 0.1) is 19.7 Å². The second kappa shape index (κ2) is 8.76. The second-order valence-electron chi connectivity index (χ2n) is 7.31. The zero-order valence-electron chi connectivity index (χ0n) is 16.5. The van der Waals surface area contributed by atoms with Crippen LogP contribution < -0.4 is 4.90 Å². The maximum atomic E-state index is 13.6. The molecule has 1 aromatic heterocycles. The van der Waals surface area contributed by atoms with Crippen molar-refractivity contribution in [3.63, 3.8) is 0 Å². The van der Waals surface area contributed by atoms with Gasteiger partial charge in [-0.25, -0.2) is 14.4 Å². The number of nitrogens with zero attached hydrogens (tertiary/aromatic N) is 4. The van der Waals surface area contributed by atoms with E-state index < -0.39 is 0 Å². The van der Waals surface area contributed by atoms with Crippen molar-refractivity contribution in [1.82, 2.24) is 14.9 Å². The van der Waals surface area contributed by atoms with Gasteiger partial charge in [0.1, 0.15) is 17.5 Å². The molecule has 0 radical (unpaired) electrons. The fourth-order valence-electron chi connectivity index (χ4n) is 3.61. The predicted molar refractivity (Wildman–Crippen MR) is 106 cm³/mol. The van der Waals surface area contributed by atoms with Crippen molar-refractivity contribution in [3.8, 4) is 0 Å². The highest BCUT2D eigenvalue weighted by Crippen LogP contribution is 2.25. The lowest BCUT2D eigenvalue weighted by molar-refractivity contribution is 0.106. The van der Waals surface area contributed by atoms with Crippen LogP contribution in [0.2, 0.25) is 0 Å². The summed E-state index contributed by atoms with van der Waals surface area (Å²) in [5.74, 6) is 1.50. The number of hydrogen-bond acceptors (Lipinski definition) is 5. The van der Waals surface area contributed by atoms with Gasteiger partial charge >= 0.3 is 0 Å². The Bertz CT molecular complexity index is 775. The Balaban J connectivity index is 1.79.